The minimum absolute atomic E-state index is 0.281. The molecule has 1 fully saturated rings. The van der Waals surface area contributed by atoms with Crippen molar-refractivity contribution in [2.24, 2.45) is 12.9 Å². The monoisotopic (exact) mass is 308 g/mol. The van der Waals surface area contributed by atoms with Crippen molar-refractivity contribution in [2.45, 2.75) is 17.7 Å². The highest BCUT2D eigenvalue weighted by atomic mass is 32.2. The summed E-state index contributed by atoms with van der Waals surface area (Å²) in [6.45, 7) is 0. The Morgan fingerprint density at radius 1 is 1.45 bits per heavy atom. The van der Waals surface area contributed by atoms with Gasteiger partial charge in [-0.25, -0.2) is 4.98 Å². The number of nitrogens with one attached hydrogen (secondary N) is 1. The van der Waals surface area contributed by atoms with Gasteiger partial charge in [0.25, 0.3) is 0 Å². The molecule has 3 N–H and O–H groups in total. The first-order valence-electron chi connectivity index (χ1n) is 6.85. The van der Waals surface area contributed by atoms with Crippen molar-refractivity contribution < 1.29 is 0 Å². The third kappa shape index (κ3) is 2.83. The molecule has 20 heavy (non-hydrogen) atoms. The Morgan fingerprint density at radius 3 is 3.00 bits per heavy atom. The largest absolute Gasteiger partial charge is 0.331 e. The number of hydrazine groups is 1. The molecule has 6 heteroatoms. The van der Waals surface area contributed by atoms with E-state index in [1.54, 1.807) is 0 Å². The summed E-state index contributed by atoms with van der Waals surface area (Å²) in [4.78, 5) is 4.75. The zero-order valence-electron chi connectivity index (χ0n) is 11.6. The maximum absolute atomic E-state index is 5.79. The van der Waals surface area contributed by atoms with Crippen LogP contribution in [0.5, 0.6) is 0 Å². The molecular formula is C14H20N4S2. The van der Waals surface area contributed by atoms with E-state index in [1.165, 1.54) is 22.8 Å². The number of aromatic nitrogens is 2. The van der Waals surface area contributed by atoms with Gasteiger partial charge in [-0.15, -0.1) is 0 Å². The molecule has 0 saturated carbocycles. The van der Waals surface area contributed by atoms with Gasteiger partial charge in [0.05, 0.1) is 11.0 Å². The Morgan fingerprint density at radius 2 is 2.30 bits per heavy atom. The molecule has 2 atom stereocenters. The van der Waals surface area contributed by atoms with Crippen LogP contribution < -0.4 is 11.3 Å². The first-order valence-corrected chi connectivity index (χ1v) is 9.05. The number of para-hydroxylation sites is 2. The molecule has 2 aromatic rings. The Bertz CT molecular complexity index is 578. The second-order valence-electron chi connectivity index (χ2n) is 5.04. The van der Waals surface area contributed by atoms with E-state index in [9.17, 15) is 0 Å². The van der Waals surface area contributed by atoms with Gasteiger partial charge in [0.1, 0.15) is 5.82 Å². The smallest absolute Gasteiger partial charge is 0.111 e. The molecule has 0 radical (unpaired) electrons. The second kappa shape index (κ2) is 6.39. The van der Waals surface area contributed by atoms with Crippen molar-refractivity contribution in [2.75, 3.05) is 17.3 Å². The highest BCUT2D eigenvalue weighted by Gasteiger charge is 2.25. The normalized spacial score (nSPS) is 21.2. The van der Waals surface area contributed by atoms with Crippen molar-refractivity contribution in [1.82, 2.24) is 15.0 Å². The predicted molar refractivity (Wildman–Crippen MR) is 89.1 cm³/mol. The van der Waals surface area contributed by atoms with Gasteiger partial charge in [-0.05, 0) is 12.1 Å². The molecule has 108 valence electrons. The number of hydrogen-bond donors (Lipinski definition) is 2. The van der Waals surface area contributed by atoms with Gasteiger partial charge in [0, 0.05) is 42.0 Å². The molecule has 2 heterocycles. The SMILES string of the molecule is Cn1c(CC(NN)C2CSCCS2)nc2ccccc21. The Kier molecular flexibility index (Phi) is 4.55. The molecule has 1 saturated heterocycles. The van der Waals surface area contributed by atoms with E-state index in [2.05, 4.69) is 35.2 Å². The van der Waals surface area contributed by atoms with Crippen molar-refractivity contribution >= 4 is 34.6 Å². The first kappa shape index (κ1) is 14.3. The van der Waals surface area contributed by atoms with Crippen molar-refractivity contribution in [3.63, 3.8) is 0 Å². The number of hydrogen-bond acceptors (Lipinski definition) is 5. The number of aryl methyl sites for hydroxylation is 1. The van der Waals surface area contributed by atoms with E-state index in [0.29, 0.717) is 5.25 Å². The lowest BCUT2D eigenvalue weighted by atomic mass is 10.1. The van der Waals surface area contributed by atoms with Crippen LogP contribution in [0, 0.1) is 0 Å². The second-order valence-corrected chi connectivity index (χ2v) is 7.53. The molecule has 0 bridgehead atoms. The molecule has 1 aromatic carbocycles. The third-order valence-electron chi connectivity index (χ3n) is 3.79. The molecule has 1 aliphatic rings. The van der Waals surface area contributed by atoms with Gasteiger partial charge in [-0.3, -0.25) is 11.3 Å². The van der Waals surface area contributed by atoms with E-state index < -0.39 is 0 Å². The van der Waals surface area contributed by atoms with Crippen LogP contribution in [0.1, 0.15) is 5.82 Å². The molecule has 2 unspecified atom stereocenters. The highest BCUT2D eigenvalue weighted by molar-refractivity contribution is 8.06. The van der Waals surface area contributed by atoms with Gasteiger partial charge >= 0.3 is 0 Å². The maximum atomic E-state index is 5.79. The topological polar surface area (TPSA) is 55.9 Å². The van der Waals surface area contributed by atoms with E-state index in [-0.39, 0.29) is 6.04 Å². The summed E-state index contributed by atoms with van der Waals surface area (Å²) in [5.74, 6) is 10.5. The number of nitrogens with zero attached hydrogens (tertiary/aromatic N) is 2. The van der Waals surface area contributed by atoms with Crippen LogP contribution in [0.2, 0.25) is 0 Å². The van der Waals surface area contributed by atoms with E-state index in [1.807, 2.05) is 29.6 Å². The Hall–Kier alpha value is -0.690. The number of thioether (sulfide) groups is 2. The lowest BCUT2D eigenvalue weighted by Crippen LogP contribution is -2.46. The number of imidazole rings is 1. The predicted octanol–water partition coefficient (Wildman–Crippen LogP) is 1.80. The molecule has 3 rings (SSSR count). The minimum atomic E-state index is 0.281. The number of nitrogens with two attached hydrogens (primary N) is 1. The van der Waals surface area contributed by atoms with E-state index in [4.69, 9.17) is 10.8 Å². The fraction of sp³-hybridized carbons (Fsp3) is 0.500. The Balaban J connectivity index is 1.81. The number of rotatable bonds is 4. The van der Waals surface area contributed by atoms with Crippen LogP contribution in [0.25, 0.3) is 11.0 Å². The summed E-state index contributed by atoms with van der Waals surface area (Å²) < 4.78 is 2.18. The number of benzene rings is 1. The van der Waals surface area contributed by atoms with Gasteiger partial charge < -0.3 is 4.57 Å². The lowest BCUT2D eigenvalue weighted by Gasteiger charge is -2.28. The molecule has 0 spiro atoms. The molecular weight excluding hydrogens is 288 g/mol. The summed E-state index contributed by atoms with van der Waals surface area (Å²) in [6.07, 6.45) is 0.875. The van der Waals surface area contributed by atoms with Crippen molar-refractivity contribution in [3.05, 3.63) is 30.1 Å². The van der Waals surface area contributed by atoms with Gasteiger partial charge in [0.2, 0.25) is 0 Å². The van der Waals surface area contributed by atoms with Crippen LogP contribution >= 0.6 is 23.5 Å². The first-order chi connectivity index (χ1) is 9.79. The van der Waals surface area contributed by atoms with Crippen LogP contribution in [0.15, 0.2) is 24.3 Å². The summed E-state index contributed by atoms with van der Waals surface area (Å²) in [5.41, 5.74) is 5.25. The fourth-order valence-corrected chi connectivity index (χ4v) is 5.48. The standard InChI is InChI=1S/C14H20N4S2/c1-18-12-5-3-2-4-10(12)16-14(18)8-11(17-15)13-9-19-6-7-20-13/h2-5,11,13,17H,6-9,15H2,1H3. The van der Waals surface area contributed by atoms with Crippen molar-refractivity contribution in [1.29, 1.82) is 0 Å². The van der Waals surface area contributed by atoms with E-state index in [0.717, 1.165) is 17.8 Å². The molecule has 1 aliphatic heterocycles. The zero-order chi connectivity index (χ0) is 13.9. The average molecular weight is 308 g/mol. The summed E-state index contributed by atoms with van der Waals surface area (Å²) in [7, 11) is 2.08. The molecule has 4 nitrogen and oxygen atoms in total. The molecule has 1 aromatic heterocycles. The van der Waals surface area contributed by atoms with Gasteiger partial charge in [-0.2, -0.15) is 23.5 Å². The van der Waals surface area contributed by atoms with E-state index >= 15 is 0 Å². The number of fused-ring (bicyclic) bond motifs is 1. The summed E-state index contributed by atoms with van der Waals surface area (Å²) in [5, 5.41) is 0.568. The Labute approximate surface area is 127 Å². The third-order valence-corrected chi connectivity index (χ3v) is 6.71. The lowest BCUT2D eigenvalue weighted by molar-refractivity contribution is 0.507. The maximum Gasteiger partial charge on any atom is 0.111 e. The van der Waals surface area contributed by atoms with Crippen LogP contribution in [0.4, 0.5) is 0 Å². The van der Waals surface area contributed by atoms with Gasteiger partial charge in [-0.1, -0.05) is 12.1 Å². The minimum Gasteiger partial charge on any atom is -0.331 e. The van der Waals surface area contributed by atoms with Crippen molar-refractivity contribution in [3.8, 4) is 0 Å². The highest BCUT2D eigenvalue weighted by Crippen LogP contribution is 2.28. The van der Waals surface area contributed by atoms with Gasteiger partial charge in [0.15, 0.2) is 0 Å². The quantitative estimate of drug-likeness (QED) is 0.666. The van der Waals surface area contributed by atoms with Crippen LogP contribution in [0.3, 0.4) is 0 Å². The van der Waals surface area contributed by atoms with Crippen LogP contribution in [-0.4, -0.2) is 38.1 Å². The summed E-state index contributed by atoms with van der Waals surface area (Å²) >= 11 is 4.05. The van der Waals surface area contributed by atoms with Crippen LogP contribution in [-0.2, 0) is 13.5 Å². The molecule has 0 amide bonds. The zero-order valence-corrected chi connectivity index (χ0v) is 13.2. The fourth-order valence-electron chi connectivity index (χ4n) is 2.61. The summed E-state index contributed by atoms with van der Waals surface area (Å²) in [6, 6.07) is 8.55. The molecule has 0 aliphatic carbocycles. The average Bonchev–Trinajstić information content (AvgIpc) is 2.82.